The second kappa shape index (κ2) is 11.5. The minimum Gasteiger partial charge on any atom is -0.384 e. The summed E-state index contributed by atoms with van der Waals surface area (Å²) in [6, 6.07) is 0. The molecule has 0 aliphatic rings. The van der Waals surface area contributed by atoms with Crippen LogP contribution < -0.4 is 0 Å². The van der Waals surface area contributed by atoms with Crippen molar-refractivity contribution in [1.82, 2.24) is 0 Å². The molecule has 19 heavy (non-hydrogen) atoms. The van der Waals surface area contributed by atoms with E-state index >= 15 is 0 Å². The second-order valence-electron chi connectivity index (χ2n) is 4.93. The Morgan fingerprint density at radius 3 is 2.00 bits per heavy atom. The SMILES string of the molecule is CCCCCCCCOCCCCC(O)C(F)(F)F. The lowest BCUT2D eigenvalue weighted by molar-refractivity contribution is -0.205. The molecule has 0 aromatic carbocycles. The molecule has 0 bridgehead atoms. The van der Waals surface area contributed by atoms with Gasteiger partial charge in [-0.1, -0.05) is 39.0 Å². The zero-order chi connectivity index (χ0) is 14.6. The van der Waals surface area contributed by atoms with E-state index in [0.717, 1.165) is 12.8 Å². The van der Waals surface area contributed by atoms with Gasteiger partial charge in [-0.25, -0.2) is 0 Å². The third kappa shape index (κ3) is 12.5. The number of aliphatic hydroxyl groups is 1. The van der Waals surface area contributed by atoms with E-state index in [4.69, 9.17) is 9.84 Å². The zero-order valence-corrected chi connectivity index (χ0v) is 11.8. The van der Waals surface area contributed by atoms with Crippen LogP contribution in [-0.4, -0.2) is 30.6 Å². The highest BCUT2D eigenvalue weighted by atomic mass is 19.4. The van der Waals surface area contributed by atoms with Crippen molar-refractivity contribution >= 4 is 0 Å². The monoisotopic (exact) mass is 284 g/mol. The molecule has 0 aromatic rings. The van der Waals surface area contributed by atoms with Crippen molar-refractivity contribution in [3.63, 3.8) is 0 Å². The molecule has 1 unspecified atom stereocenters. The van der Waals surface area contributed by atoms with E-state index in [9.17, 15) is 13.2 Å². The Labute approximate surface area is 114 Å². The van der Waals surface area contributed by atoms with Crippen LogP contribution in [0.2, 0.25) is 0 Å². The molecule has 1 atom stereocenters. The molecule has 0 saturated carbocycles. The Morgan fingerprint density at radius 1 is 0.895 bits per heavy atom. The summed E-state index contributed by atoms with van der Waals surface area (Å²) in [6.07, 6.45) is 1.21. The van der Waals surface area contributed by atoms with Gasteiger partial charge < -0.3 is 9.84 Å². The summed E-state index contributed by atoms with van der Waals surface area (Å²) in [5.41, 5.74) is 0. The Hall–Kier alpha value is -0.290. The maximum absolute atomic E-state index is 12.0. The molecule has 1 N–H and O–H groups in total. The molecular weight excluding hydrogens is 257 g/mol. The third-order valence-corrected chi connectivity index (χ3v) is 3.04. The summed E-state index contributed by atoms with van der Waals surface area (Å²) in [4.78, 5) is 0. The first kappa shape index (κ1) is 18.7. The van der Waals surface area contributed by atoms with E-state index in [1.165, 1.54) is 25.7 Å². The van der Waals surface area contributed by atoms with E-state index in [2.05, 4.69) is 6.92 Å². The fourth-order valence-electron chi connectivity index (χ4n) is 1.79. The largest absolute Gasteiger partial charge is 0.414 e. The van der Waals surface area contributed by atoms with E-state index in [1.807, 2.05) is 0 Å². The molecule has 0 aliphatic heterocycles. The zero-order valence-electron chi connectivity index (χ0n) is 11.8. The van der Waals surface area contributed by atoms with Gasteiger partial charge in [0, 0.05) is 13.2 Å². The number of aliphatic hydroxyl groups excluding tert-OH is 1. The maximum Gasteiger partial charge on any atom is 0.414 e. The highest BCUT2D eigenvalue weighted by Gasteiger charge is 2.37. The summed E-state index contributed by atoms with van der Waals surface area (Å²) in [5, 5.41) is 8.76. The number of unbranched alkanes of at least 4 members (excludes halogenated alkanes) is 6. The van der Waals surface area contributed by atoms with E-state index in [-0.39, 0.29) is 6.42 Å². The van der Waals surface area contributed by atoms with Gasteiger partial charge in [-0.05, 0) is 25.7 Å². The molecule has 5 heteroatoms. The molecule has 0 fully saturated rings. The van der Waals surface area contributed by atoms with Gasteiger partial charge in [-0.2, -0.15) is 13.2 Å². The van der Waals surface area contributed by atoms with Crippen LogP contribution in [0.15, 0.2) is 0 Å². The van der Waals surface area contributed by atoms with Gasteiger partial charge in [0.1, 0.15) is 6.10 Å². The van der Waals surface area contributed by atoms with Gasteiger partial charge in [0.25, 0.3) is 0 Å². The molecule has 0 aromatic heterocycles. The lowest BCUT2D eigenvalue weighted by atomic mass is 10.1. The number of ether oxygens (including phenoxy) is 1. The summed E-state index contributed by atoms with van der Waals surface area (Å²) in [7, 11) is 0. The van der Waals surface area contributed by atoms with Crippen LogP contribution >= 0.6 is 0 Å². The molecule has 0 spiro atoms. The molecule has 0 radical (unpaired) electrons. The Bertz CT molecular complexity index is 196. The Kier molecular flexibility index (Phi) is 11.4. The first-order valence-corrected chi connectivity index (χ1v) is 7.31. The second-order valence-corrected chi connectivity index (χ2v) is 4.93. The number of alkyl halides is 3. The van der Waals surface area contributed by atoms with Crippen molar-refractivity contribution in [2.45, 2.75) is 77.0 Å². The average molecular weight is 284 g/mol. The van der Waals surface area contributed by atoms with E-state index < -0.39 is 12.3 Å². The van der Waals surface area contributed by atoms with E-state index in [0.29, 0.717) is 26.1 Å². The molecule has 116 valence electrons. The minimum absolute atomic E-state index is 0.232. The molecule has 0 saturated heterocycles. The fraction of sp³-hybridized carbons (Fsp3) is 1.00. The maximum atomic E-state index is 12.0. The number of hydrogen-bond acceptors (Lipinski definition) is 2. The standard InChI is InChI=1S/C14H27F3O2/c1-2-3-4-5-6-8-11-19-12-9-7-10-13(18)14(15,16)17/h13,18H,2-12H2,1H3. The van der Waals surface area contributed by atoms with E-state index in [1.54, 1.807) is 0 Å². The van der Waals surface area contributed by atoms with Crippen LogP contribution in [0.3, 0.4) is 0 Å². The molecule has 0 aliphatic carbocycles. The lowest BCUT2D eigenvalue weighted by Crippen LogP contribution is -2.28. The van der Waals surface area contributed by atoms with Gasteiger partial charge in [0.05, 0.1) is 0 Å². The normalized spacial score (nSPS) is 13.7. The van der Waals surface area contributed by atoms with Crippen molar-refractivity contribution < 1.29 is 23.0 Å². The molecular formula is C14H27F3O2. The lowest BCUT2D eigenvalue weighted by Gasteiger charge is -2.13. The molecule has 2 nitrogen and oxygen atoms in total. The number of rotatable bonds is 12. The minimum atomic E-state index is -4.49. The van der Waals surface area contributed by atoms with Gasteiger partial charge in [0.15, 0.2) is 0 Å². The predicted molar refractivity (Wildman–Crippen MR) is 70.1 cm³/mol. The first-order valence-electron chi connectivity index (χ1n) is 7.31. The van der Waals surface area contributed by atoms with Crippen molar-refractivity contribution in [2.75, 3.05) is 13.2 Å². The van der Waals surface area contributed by atoms with Crippen LogP contribution in [0.25, 0.3) is 0 Å². The van der Waals surface area contributed by atoms with Crippen LogP contribution in [0.4, 0.5) is 13.2 Å². The van der Waals surface area contributed by atoms with Crippen LogP contribution in [0, 0.1) is 0 Å². The molecule has 0 rings (SSSR count). The van der Waals surface area contributed by atoms with Crippen LogP contribution in [0.5, 0.6) is 0 Å². The fourth-order valence-corrected chi connectivity index (χ4v) is 1.79. The predicted octanol–water partition coefficient (Wildman–Crippen LogP) is 4.46. The Morgan fingerprint density at radius 2 is 1.42 bits per heavy atom. The van der Waals surface area contributed by atoms with Crippen molar-refractivity contribution in [1.29, 1.82) is 0 Å². The van der Waals surface area contributed by atoms with Gasteiger partial charge >= 0.3 is 6.18 Å². The smallest absolute Gasteiger partial charge is 0.384 e. The average Bonchev–Trinajstić information content (AvgIpc) is 2.34. The quantitative estimate of drug-likeness (QED) is 0.536. The van der Waals surface area contributed by atoms with Crippen LogP contribution in [-0.2, 0) is 4.74 Å². The topological polar surface area (TPSA) is 29.5 Å². The summed E-state index contributed by atoms with van der Waals surface area (Å²) < 4.78 is 41.3. The summed E-state index contributed by atoms with van der Waals surface area (Å²) in [5.74, 6) is 0. The first-order chi connectivity index (χ1) is 8.98. The molecule has 0 amide bonds. The van der Waals surface area contributed by atoms with Crippen molar-refractivity contribution in [3.8, 4) is 0 Å². The number of halogens is 3. The van der Waals surface area contributed by atoms with Gasteiger partial charge in [-0.15, -0.1) is 0 Å². The Balaban J connectivity index is 3.15. The van der Waals surface area contributed by atoms with Gasteiger partial charge in [0.2, 0.25) is 0 Å². The summed E-state index contributed by atoms with van der Waals surface area (Å²) >= 11 is 0. The third-order valence-electron chi connectivity index (χ3n) is 3.04. The highest BCUT2D eigenvalue weighted by molar-refractivity contribution is 4.64. The summed E-state index contributed by atoms with van der Waals surface area (Å²) in [6.45, 7) is 3.35. The van der Waals surface area contributed by atoms with Gasteiger partial charge in [-0.3, -0.25) is 0 Å². The van der Waals surface area contributed by atoms with Crippen molar-refractivity contribution in [3.05, 3.63) is 0 Å². The molecule has 0 heterocycles. The van der Waals surface area contributed by atoms with Crippen molar-refractivity contribution in [2.24, 2.45) is 0 Å². The van der Waals surface area contributed by atoms with Crippen LogP contribution in [0.1, 0.15) is 64.7 Å². The highest BCUT2D eigenvalue weighted by Crippen LogP contribution is 2.23. The number of hydrogen-bond donors (Lipinski definition) is 1.